The van der Waals surface area contributed by atoms with Crippen LogP contribution in [0, 0.1) is 12.8 Å². The maximum atomic E-state index is 5.96. The molecular weight excluding hydrogens is 236 g/mol. The van der Waals surface area contributed by atoms with E-state index in [0.717, 1.165) is 29.5 Å². The van der Waals surface area contributed by atoms with Gasteiger partial charge >= 0.3 is 0 Å². The van der Waals surface area contributed by atoms with E-state index in [1.165, 1.54) is 32.1 Å². The fraction of sp³-hybridized carbons (Fsp3) is 0.733. The Morgan fingerprint density at radius 2 is 2.05 bits per heavy atom. The fourth-order valence-electron chi connectivity index (χ4n) is 2.87. The smallest absolute Gasteiger partial charge is 0.134 e. The molecule has 1 aliphatic carbocycles. The summed E-state index contributed by atoms with van der Waals surface area (Å²) < 4.78 is 0. The number of nitrogen functional groups attached to an aromatic ring is 1. The van der Waals surface area contributed by atoms with Gasteiger partial charge in [-0.2, -0.15) is 0 Å². The van der Waals surface area contributed by atoms with Crippen molar-refractivity contribution in [2.75, 3.05) is 11.1 Å². The molecule has 4 heteroatoms. The zero-order valence-electron chi connectivity index (χ0n) is 12.4. The van der Waals surface area contributed by atoms with Crippen LogP contribution in [0.15, 0.2) is 0 Å². The highest BCUT2D eigenvalue weighted by molar-refractivity contribution is 5.55. The third kappa shape index (κ3) is 3.37. The molecule has 19 heavy (non-hydrogen) atoms. The van der Waals surface area contributed by atoms with E-state index in [1.807, 2.05) is 6.92 Å². The number of aromatic nitrogens is 2. The van der Waals surface area contributed by atoms with E-state index in [-0.39, 0.29) is 0 Å². The Hall–Kier alpha value is -1.32. The molecule has 2 atom stereocenters. The molecule has 106 valence electrons. The lowest BCUT2D eigenvalue weighted by Crippen LogP contribution is -2.28. The van der Waals surface area contributed by atoms with Crippen molar-refractivity contribution in [1.29, 1.82) is 0 Å². The van der Waals surface area contributed by atoms with Crippen LogP contribution in [-0.4, -0.2) is 16.0 Å². The molecule has 1 aliphatic rings. The largest absolute Gasteiger partial charge is 0.383 e. The first kappa shape index (κ1) is 14.1. The summed E-state index contributed by atoms with van der Waals surface area (Å²) in [5, 5.41) is 3.60. The van der Waals surface area contributed by atoms with E-state index >= 15 is 0 Å². The number of hydrogen-bond acceptors (Lipinski definition) is 4. The first-order chi connectivity index (χ1) is 9.13. The molecule has 0 spiro atoms. The van der Waals surface area contributed by atoms with Gasteiger partial charge in [-0.05, 0) is 25.7 Å². The molecule has 1 fully saturated rings. The van der Waals surface area contributed by atoms with Gasteiger partial charge in [0.25, 0.3) is 0 Å². The van der Waals surface area contributed by atoms with Crippen LogP contribution in [0.3, 0.4) is 0 Å². The third-order valence-corrected chi connectivity index (χ3v) is 4.25. The Kier molecular flexibility index (Phi) is 4.61. The Bertz CT molecular complexity index is 430. The summed E-state index contributed by atoms with van der Waals surface area (Å²) in [5.41, 5.74) is 6.95. The summed E-state index contributed by atoms with van der Waals surface area (Å²) in [7, 11) is 0. The van der Waals surface area contributed by atoms with Crippen LogP contribution < -0.4 is 11.1 Å². The summed E-state index contributed by atoms with van der Waals surface area (Å²) in [5.74, 6) is 3.23. The number of anilines is 2. The summed E-state index contributed by atoms with van der Waals surface area (Å²) in [6.45, 7) is 6.34. The van der Waals surface area contributed by atoms with Gasteiger partial charge < -0.3 is 11.1 Å². The van der Waals surface area contributed by atoms with E-state index in [1.54, 1.807) is 0 Å². The average Bonchev–Trinajstić information content (AvgIpc) is 2.43. The van der Waals surface area contributed by atoms with Crippen LogP contribution in [0.4, 0.5) is 11.6 Å². The molecule has 1 saturated carbocycles. The number of rotatable bonds is 4. The lowest BCUT2D eigenvalue weighted by molar-refractivity contribution is 0.327. The summed E-state index contributed by atoms with van der Waals surface area (Å²) in [6, 6.07) is 0.538. The van der Waals surface area contributed by atoms with Gasteiger partial charge in [0.1, 0.15) is 17.5 Å². The highest BCUT2D eigenvalue weighted by Gasteiger charge is 2.21. The third-order valence-electron chi connectivity index (χ3n) is 4.25. The van der Waals surface area contributed by atoms with E-state index in [4.69, 9.17) is 5.73 Å². The van der Waals surface area contributed by atoms with E-state index in [9.17, 15) is 0 Å². The van der Waals surface area contributed by atoms with Crippen LogP contribution >= 0.6 is 0 Å². The van der Waals surface area contributed by atoms with Gasteiger partial charge in [0, 0.05) is 18.0 Å². The first-order valence-corrected chi connectivity index (χ1v) is 7.53. The van der Waals surface area contributed by atoms with Crippen molar-refractivity contribution in [1.82, 2.24) is 9.97 Å². The topological polar surface area (TPSA) is 63.8 Å². The zero-order valence-corrected chi connectivity index (χ0v) is 12.4. The highest BCUT2D eigenvalue weighted by Crippen LogP contribution is 2.29. The van der Waals surface area contributed by atoms with E-state index in [2.05, 4.69) is 29.1 Å². The van der Waals surface area contributed by atoms with Crippen LogP contribution in [0.25, 0.3) is 0 Å². The Morgan fingerprint density at radius 3 is 2.74 bits per heavy atom. The standard InChI is InChI=1S/C15H26N4/c1-4-11-7-6-8-12(9-11)17-15-10(3)14(16)18-13(5-2)19-15/h11-12H,4-9H2,1-3H3,(H3,16,17,18,19). The van der Waals surface area contributed by atoms with Crippen molar-refractivity contribution < 1.29 is 0 Å². The molecule has 0 radical (unpaired) electrons. The van der Waals surface area contributed by atoms with Crippen molar-refractivity contribution in [2.45, 2.75) is 65.3 Å². The van der Waals surface area contributed by atoms with Gasteiger partial charge in [-0.3, -0.25) is 0 Å². The molecule has 2 unspecified atom stereocenters. The summed E-state index contributed by atoms with van der Waals surface area (Å²) in [6.07, 6.45) is 7.28. The van der Waals surface area contributed by atoms with Crippen LogP contribution in [0.2, 0.25) is 0 Å². The van der Waals surface area contributed by atoms with Crippen molar-refractivity contribution >= 4 is 11.6 Å². The molecule has 0 amide bonds. The SMILES string of the molecule is CCc1nc(N)c(C)c(NC2CCCC(CC)C2)n1. The second-order valence-electron chi connectivity index (χ2n) is 5.63. The first-order valence-electron chi connectivity index (χ1n) is 7.53. The number of nitrogens with zero attached hydrogens (tertiary/aromatic N) is 2. The second-order valence-corrected chi connectivity index (χ2v) is 5.63. The average molecular weight is 262 g/mol. The summed E-state index contributed by atoms with van der Waals surface area (Å²) >= 11 is 0. The van der Waals surface area contributed by atoms with E-state index in [0.29, 0.717) is 11.9 Å². The van der Waals surface area contributed by atoms with Gasteiger partial charge in [0.15, 0.2) is 0 Å². The molecular formula is C15H26N4. The van der Waals surface area contributed by atoms with Crippen molar-refractivity contribution in [2.24, 2.45) is 5.92 Å². The fourth-order valence-corrected chi connectivity index (χ4v) is 2.87. The lowest BCUT2D eigenvalue weighted by atomic mass is 9.84. The van der Waals surface area contributed by atoms with Gasteiger partial charge in [-0.1, -0.05) is 33.1 Å². The van der Waals surface area contributed by atoms with Gasteiger partial charge in [0.05, 0.1) is 0 Å². The van der Waals surface area contributed by atoms with Gasteiger partial charge in [-0.15, -0.1) is 0 Å². The lowest BCUT2D eigenvalue weighted by Gasteiger charge is -2.30. The minimum Gasteiger partial charge on any atom is -0.383 e. The maximum absolute atomic E-state index is 5.96. The van der Waals surface area contributed by atoms with Crippen LogP contribution in [0.5, 0.6) is 0 Å². The molecule has 4 nitrogen and oxygen atoms in total. The van der Waals surface area contributed by atoms with Crippen molar-refractivity contribution in [3.05, 3.63) is 11.4 Å². The summed E-state index contributed by atoms with van der Waals surface area (Å²) in [4.78, 5) is 8.90. The van der Waals surface area contributed by atoms with Crippen molar-refractivity contribution in [3.8, 4) is 0 Å². The monoisotopic (exact) mass is 262 g/mol. The predicted molar refractivity (Wildman–Crippen MR) is 80.2 cm³/mol. The molecule has 1 aromatic rings. The molecule has 1 aromatic heterocycles. The molecule has 0 aromatic carbocycles. The number of hydrogen-bond donors (Lipinski definition) is 2. The Morgan fingerprint density at radius 1 is 1.26 bits per heavy atom. The normalized spacial score (nSPS) is 23.3. The number of nitrogens with two attached hydrogens (primary N) is 1. The predicted octanol–water partition coefficient (Wildman–Crippen LogP) is 3.31. The quantitative estimate of drug-likeness (QED) is 0.873. The molecule has 0 aliphatic heterocycles. The van der Waals surface area contributed by atoms with Gasteiger partial charge in [-0.25, -0.2) is 9.97 Å². The minimum absolute atomic E-state index is 0.538. The molecule has 0 saturated heterocycles. The highest BCUT2D eigenvalue weighted by atomic mass is 15.1. The van der Waals surface area contributed by atoms with Crippen molar-refractivity contribution in [3.63, 3.8) is 0 Å². The molecule has 1 heterocycles. The van der Waals surface area contributed by atoms with Crippen LogP contribution in [0.1, 0.15) is 57.3 Å². The number of nitrogens with one attached hydrogen (secondary N) is 1. The number of aryl methyl sites for hydroxylation is 1. The molecule has 2 rings (SSSR count). The minimum atomic E-state index is 0.538. The van der Waals surface area contributed by atoms with Gasteiger partial charge in [0.2, 0.25) is 0 Å². The maximum Gasteiger partial charge on any atom is 0.134 e. The molecule has 3 N–H and O–H groups in total. The van der Waals surface area contributed by atoms with E-state index < -0.39 is 0 Å². The molecule has 0 bridgehead atoms. The Labute approximate surface area is 116 Å². The zero-order chi connectivity index (χ0) is 13.8. The second kappa shape index (κ2) is 6.22. The Balaban J connectivity index is 2.11. The van der Waals surface area contributed by atoms with Crippen LogP contribution in [-0.2, 0) is 6.42 Å².